The van der Waals surface area contributed by atoms with Gasteiger partial charge in [-0.15, -0.1) is 0 Å². The Morgan fingerprint density at radius 2 is 1.88 bits per heavy atom. The van der Waals surface area contributed by atoms with Crippen LogP contribution in [0.3, 0.4) is 0 Å². The molecule has 0 radical (unpaired) electrons. The van der Waals surface area contributed by atoms with E-state index in [1.54, 1.807) is 36.1 Å². The van der Waals surface area contributed by atoms with Crippen LogP contribution in [0, 0.1) is 0 Å². The predicted octanol–water partition coefficient (Wildman–Crippen LogP) is 1.64. The van der Waals surface area contributed by atoms with Crippen LogP contribution in [0.15, 0.2) is 24.3 Å². The molecule has 0 unspecified atom stereocenters. The number of amides is 3. The average molecular weight is 360 g/mol. The third kappa shape index (κ3) is 4.44. The smallest absolute Gasteiger partial charge is 0.338 e. The highest BCUT2D eigenvalue weighted by molar-refractivity contribution is 5.90. The third-order valence-electron chi connectivity index (χ3n) is 4.45. The lowest BCUT2D eigenvalue weighted by Crippen LogP contribution is -2.50. The first kappa shape index (κ1) is 18.0. The van der Waals surface area contributed by atoms with Crippen molar-refractivity contribution < 1.29 is 19.1 Å². The maximum Gasteiger partial charge on any atom is 0.338 e. The Balaban J connectivity index is 1.51. The summed E-state index contributed by atoms with van der Waals surface area (Å²) in [6.07, 6.45) is 3.48. The fourth-order valence-electron chi connectivity index (χ4n) is 2.89. The van der Waals surface area contributed by atoms with Crippen LogP contribution in [0.25, 0.3) is 0 Å². The van der Waals surface area contributed by atoms with E-state index in [0.29, 0.717) is 30.8 Å². The number of nitrogens with zero attached hydrogens (tertiary/aromatic N) is 1. The molecule has 8 nitrogen and oxygen atoms in total. The van der Waals surface area contributed by atoms with Gasteiger partial charge >= 0.3 is 12.0 Å². The van der Waals surface area contributed by atoms with E-state index in [1.165, 1.54) is 0 Å². The van der Waals surface area contributed by atoms with Gasteiger partial charge in [-0.05, 0) is 56.9 Å². The second kappa shape index (κ2) is 8.07. The molecule has 1 aromatic carbocycles. The molecule has 1 atom stereocenters. The number of anilines is 1. The first-order chi connectivity index (χ1) is 12.6. The molecular weight excluding hydrogens is 336 g/mol. The Hall–Kier alpha value is -2.77. The van der Waals surface area contributed by atoms with E-state index in [0.717, 1.165) is 19.3 Å². The van der Waals surface area contributed by atoms with Crippen LogP contribution in [0.4, 0.5) is 10.5 Å². The van der Waals surface area contributed by atoms with E-state index in [-0.39, 0.29) is 23.9 Å². The number of hydrazine groups is 1. The maximum absolute atomic E-state index is 12.4. The zero-order chi connectivity index (χ0) is 18.5. The van der Waals surface area contributed by atoms with Gasteiger partial charge in [0, 0.05) is 12.6 Å². The van der Waals surface area contributed by atoms with E-state index < -0.39 is 6.04 Å². The molecule has 1 heterocycles. The first-order valence-corrected chi connectivity index (χ1v) is 8.98. The SMILES string of the molecule is CCOC(=O)c1ccc(NNC(=O)[C@@H]2CCCN2C(=O)NC2CC2)cc1. The molecule has 140 valence electrons. The predicted molar refractivity (Wildman–Crippen MR) is 95.4 cm³/mol. The number of hydrogen-bond acceptors (Lipinski definition) is 5. The lowest BCUT2D eigenvalue weighted by atomic mass is 10.2. The van der Waals surface area contributed by atoms with Gasteiger partial charge in [-0.25, -0.2) is 9.59 Å². The molecule has 1 aromatic rings. The number of carbonyl (C=O) groups excluding carboxylic acids is 3. The topological polar surface area (TPSA) is 99.8 Å². The Morgan fingerprint density at radius 3 is 2.54 bits per heavy atom. The van der Waals surface area contributed by atoms with Crippen LogP contribution >= 0.6 is 0 Å². The van der Waals surface area contributed by atoms with Gasteiger partial charge in [0.05, 0.1) is 17.9 Å². The van der Waals surface area contributed by atoms with Crippen molar-refractivity contribution >= 4 is 23.6 Å². The van der Waals surface area contributed by atoms with E-state index in [1.807, 2.05) is 0 Å². The Morgan fingerprint density at radius 1 is 1.15 bits per heavy atom. The largest absolute Gasteiger partial charge is 0.462 e. The standard InChI is InChI=1S/C18H24N4O4/c1-2-26-17(24)12-5-7-14(8-6-12)20-21-16(23)15-4-3-11-22(15)18(25)19-13-9-10-13/h5-8,13,15,20H,2-4,9-11H2,1H3,(H,19,25)(H,21,23)/t15-/m0/s1. The number of urea groups is 1. The van der Waals surface area contributed by atoms with Gasteiger partial charge in [-0.1, -0.05) is 0 Å². The molecule has 3 rings (SSSR count). The van der Waals surface area contributed by atoms with Crippen molar-refractivity contribution in [3.8, 4) is 0 Å². The van der Waals surface area contributed by atoms with Crippen molar-refractivity contribution in [2.24, 2.45) is 0 Å². The zero-order valence-corrected chi connectivity index (χ0v) is 14.8. The minimum absolute atomic E-state index is 0.163. The summed E-state index contributed by atoms with van der Waals surface area (Å²) in [7, 11) is 0. The van der Waals surface area contributed by atoms with E-state index in [4.69, 9.17) is 4.74 Å². The minimum atomic E-state index is -0.472. The molecule has 3 amide bonds. The summed E-state index contributed by atoms with van der Waals surface area (Å²) in [6, 6.07) is 6.23. The average Bonchev–Trinajstić information content (AvgIpc) is 3.31. The normalized spacial score (nSPS) is 19.0. The second-order valence-electron chi connectivity index (χ2n) is 6.49. The summed E-state index contributed by atoms with van der Waals surface area (Å²) in [4.78, 5) is 37.9. The molecule has 1 aliphatic carbocycles. The third-order valence-corrected chi connectivity index (χ3v) is 4.45. The molecular formula is C18H24N4O4. The zero-order valence-electron chi connectivity index (χ0n) is 14.8. The number of hydrogen-bond donors (Lipinski definition) is 3. The summed E-state index contributed by atoms with van der Waals surface area (Å²) in [5.74, 6) is -0.630. The number of benzene rings is 1. The van der Waals surface area contributed by atoms with Crippen molar-refractivity contribution in [1.29, 1.82) is 0 Å². The van der Waals surface area contributed by atoms with Crippen molar-refractivity contribution in [2.75, 3.05) is 18.6 Å². The van der Waals surface area contributed by atoms with Gasteiger partial charge in [0.25, 0.3) is 5.91 Å². The van der Waals surface area contributed by atoms with Gasteiger partial charge in [-0.2, -0.15) is 0 Å². The highest BCUT2D eigenvalue weighted by Crippen LogP contribution is 2.22. The van der Waals surface area contributed by atoms with Gasteiger partial charge < -0.3 is 15.0 Å². The number of esters is 1. The quantitative estimate of drug-likeness (QED) is 0.529. The molecule has 8 heteroatoms. The Bertz CT molecular complexity index is 672. The van der Waals surface area contributed by atoms with Crippen LogP contribution in [0.5, 0.6) is 0 Å². The van der Waals surface area contributed by atoms with Gasteiger partial charge in [0.2, 0.25) is 0 Å². The van der Waals surface area contributed by atoms with Gasteiger partial charge in [-0.3, -0.25) is 15.6 Å². The van der Waals surface area contributed by atoms with Crippen molar-refractivity contribution in [3.63, 3.8) is 0 Å². The summed E-state index contributed by atoms with van der Waals surface area (Å²) >= 11 is 0. The van der Waals surface area contributed by atoms with E-state index in [9.17, 15) is 14.4 Å². The van der Waals surface area contributed by atoms with Crippen LogP contribution in [-0.2, 0) is 9.53 Å². The molecule has 0 aromatic heterocycles. The first-order valence-electron chi connectivity index (χ1n) is 8.98. The molecule has 0 bridgehead atoms. The molecule has 26 heavy (non-hydrogen) atoms. The van der Waals surface area contributed by atoms with Crippen LogP contribution in [0.1, 0.15) is 43.0 Å². The van der Waals surface area contributed by atoms with Crippen molar-refractivity contribution in [1.82, 2.24) is 15.6 Å². The molecule has 2 aliphatic rings. The number of likely N-dealkylation sites (tertiary alicyclic amines) is 1. The summed E-state index contributed by atoms with van der Waals surface area (Å²) in [6.45, 7) is 2.66. The molecule has 3 N–H and O–H groups in total. The fraction of sp³-hybridized carbons (Fsp3) is 0.500. The summed E-state index contributed by atoms with van der Waals surface area (Å²) in [5.41, 5.74) is 6.55. The van der Waals surface area contributed by atoms with Crippen LogP contribution in [-0.4, -0.2) is 48.0 Å². The monoisotopic (exact) mass is 360 g/mol. The minimum Gasteiger partial charge on any atom is -0.462 e. The van der Waals surface area contributed by atoms with Crippen LogP contribution < -0.4 is 16.2 Å². The number of nitrogens with one attached hydrogen (secondary N) is 3. The van der Waals surface area contributed by atoms with Crippen molar-refractivity contribution in [2.45, 2.75) is 44.7 Å². The van der Waals surface area contributed by atoms with Gasteiger partial charge in [0.1, 0.15) is 6.04 Å². The number of rotatable bonds is 6. The molecule has 2 fully saturated rings. The van der Waals surface area contributed by atoms with Gasteiger partial charge in [0.15, 0.2) is 0 Å². The molecule has 1 saturated heterocycles. The Labute approximate surface area is 152 Å². The highest BCUT2D eigenvalue weighted by Gasteiger charge is 2.36. The fourth-order valence-corrected chi connectivity index (χ4v) is 2.89. The highest BCUT2D eigenvalue weighted by atomic mass is 16.5. The second-order valence-corrected chi connectivity index (χ2v) is 6.49. The lowest BCUT2D eigenvalue weighted by molar-refractivity contribution is -0.124. The lowest BCUT2D eigenvalue weighted by Gasteiger charge is -2.24. The Kier molecular flexibility index (Phi) is 5.60. The molecule has 0 spiro atoms. The number of ether oxygens (including phenoxy) is 1. The summed E-state index contributed by atoms with van der Waals surface area (Å²) in [5, 5.41) is 2.92. The molecule has 1 aliphatic heterocycles. The summed E-state index contributed by atoms with van der Waals surface area (Å²) < 4.78 is 4.93. The number of carbonyl (C=O) groups is 3. The molecule has 1 saturated carbocycles. The van der Waals surface area contributed by atoms with E-state index in [2.05, 4.69) is 16.2 Å². The van der Waals surface area contributed by atoms with Crippen LogP contribution in [0.2, 0.25) is 0 Å². The van der Waals surface area contributed by atoms with Crippen molar-refractivity contribution in [3.05, 3.63) is 29.8 Å². The maximum atomic E-state index is 12.4. The van der Waals surface area contributed by atoms with E-state index >= 15 is 0 Å².